The molecule has 33 heavy (non-hydrogen) atoms. The van der Waals surface area contributed by atoms with Gasteiger partial charge in [-0.1, -0.05) is 30.3 Å². The van der Waals surface area contributed by atoms with Gasteiger partial charge in [-0.15, -0.1) is 0 Å². The van der Waals surface area contributed by atoms with Gasteiger partial charge in [0.05, 0.1) is 31.0 Å². The molecule has 2 aliphatic rings. The molecule has 4 rings (SSSR count). The third kappa shape index (κ3) is 4.62. The monoisotopic (exact) mass is 451 g/mol. The number of carbonyl (C=O) groups is 3. The van der Waals surface area contributed by atoms with Crippen molar-refractivity contribution in [2.45, 2.75) is 19.5 Å². The van der Waals surface area contributed by atoms with Crippen molar-refractivity contribution in [1.29, 1.82) is 0 Å². The molecule has 0 aliphatic carbocycles. The Balaban J connectivity index is 1.52. The zero-order valence-corrected chi connectivity index (χ0v) is 18.4. The number of carbonyl (C=O) groups excluding carboxylic acids is 3. The second kappa shape index (κ2) is 9.64. The van der Waals surface area contributed by atoms with E-state index in [9.17, 15) is 14.4 Å². The molecule has 0 saturated carbocycles. The number of rotatable bonds is 8. The summed E-state index contributed by atoms with van der Waals surface area (Å²) in [7, 11) is 1.58. The van der Waals surface area contributed by atoms with Crippen LogP contribution >= 0.6 is 0 Å². The maximum atomic E-state index is 13.0. The summed E-state index contributed by atoms with van der Waals surface area (Å²) >= 11 is 0. The van der Waals surface area contributed by atoms with Gasteiger partial charge in [-0.05, 0) is 30.7 Å². The van der Waals surface area contributed by atoms with Gasteiger partial charge in [-0.3, -0.25) is 9.69 Å². The molecule has 0 fully saturated rings. The van der Waals surface area contributed by atoms with E-state index in [1.165, 1.54) is 4.90 Å². The van der Waals surface area contributed by atoms with Gasteiger partial charge in [0.1, 0.15) is 24.7 Å². The minimum absolute atomic E-state index is 0.0688. The predicted molar refractivity (Wildman–Crippen MR) is 118 cm³/mol. The Kier molecular flexibility index (Phi) is 6.48. The number of nitrogens with one attached hydrogen (secondary N) is 2. The van der Waals surface area contributed by atoms with E-state index in [0.717, 1.165) is 11.3 Å². The average molecular weight is 451 g/mol. The number of hydrogen-bond donors (Lipinski definition) is 2. The third-order valence-corrected chi connectivity index (χ3v) is 5.48. The van der Waals surface area contributed by atoms with Gasteiger partial charge in [-0.25, -0.2) is 9.59 Å². The number of benzene rings is 2. The van der Waals surface area contributed by atoms with E-state index in [1.54, 1.807) is 31.4 Å². The summed E-state index contributed by atoms with van der Waals surface area (Å²) in [5, 5.41) is 5.62. The second-order valence-electron chi connectivity index (χ2n) is 7.50. The number of esters is 1. The molecule has 0 aromatic heterocycles. The Morgan fingerprint density at radius 2 is 1.94 bits per heavy atom. The summed E-state index contributed by atoms with van der Waals surface area (Å²) in [6.45, 7) is 2.29. The standard InChI is InChI=1S/C24H25N3O6/c1-3-32-19-7-5-4-6-17(19)22-21-18(14-33-23(21)29)27(24(30)26-22)13-20(28)25-12-15-8-10-16(31-2)11-9-15/h4-11,22H,3,12-14H2,1-2H3,(H,25,28)(H,26,30)/t22-/m1/s1. The Labute approximate surface area is 191 Å². The Morgan fingerprint density at radius 3 is 2.67 bits per heavy atom. The lowest BCUT2D eigenvalue weighted by Gasteiger charge is -2.33. The van der Waals surface area contributed by atoms with Crippen LogP contribution in [0.4, 0.5) is 4.79 Å². The average Bonchev–Trinajstić information content (AvgIpc) is 3.22. The molecule has 2 heterocycles. The van der Waals surface area contributed by atoms with Crippen molar-refractivity contribution in [3.05, 3.63) is 70.9 Å². The van der Waals surface area contributed by atoms with Crippen LogP contribution < -0.4 is 20.1 Å². The highest BCUT2D eigenvalue weighted by atomic mass is 16.5. The molecular weight excluding hydrogens is 426 g/mol. The quantitative estimate of drug-likeness (QED) is 0.597. The fourth-order valence-electron chi connectivity index (χ4n) is 3.86. The second-order valence-corrected chi connectivity index (χ2v) is 7.50. The van der Waals surface area contributed by atoms with E-state index in [4.69, 9.17) is 14.2 Å². The van der Waals surface area contributed by atoms with Crippen LogP contribution in [0.3, 0.4) is 0 Å². The van der Waals surface area contributed by atoms with E-state index < -0.39 is 18.0 Å². The Hall–Kier alpha value is -4.01. The van der Waals surface area contributed by atoms with Gasteiger partial charge in [0.15, 0.2) is 0 Å². The lowest BCUT2D eigenvalue weighted by atomic mass is 9.95. The van der Waals surface area contributed by atoms with Gasteiger partial charge in [0, 0.05) is 12.1 Å². The molecule has 2 aromatic carbocycles. The highest BCUT2D eigenvalue weighted by Gasteiger charge is 2.43. The summed E-state index contributed by atoms with van der Waals surface area (Å²) in [6.07, 6.45) is 0. The van der Waals surface area contributed by atoms with E-state index in [-0.39, 0.29) is 19.1 Å². The van der Waals surface area contributed by atoms with Crippen molar-refractivity contribution in [3.63, 3.8) is 0 Å². The summed E-state index contributed by atoms with van der Waals surface area (Å²) in [5.41, 5.74) is 2.24. The van der Waals surface area contributed by atoms with Crippen LogP contribution in [0, 0.1) is 0 Å². The first-order chi connectivity index (χ1) is 16.0. The maximum Gasteiger partial charge on any atom is 0.338 e. The lowest BCUT2D eigenvalue weighted by molar-refractivity contribution is -0.136. The number of amides is 3. The molecule has 172 valence electrons. The smallest absolute Gasteiger partial charge is 0.338 e. The van der Waals surface area contributed by atoms with Crippen molar-refractivity contribution in [2.24, 2.45) is 0 Å². The van der Waals surface area contributed by atoms with E-state index in [2.05, 4.69) is 10.6 Å². The van der Waals surface area contributed by atoms with Crippen LogP contribution in [0.15, 0.2) is 59.8 Å². The summed E-state index contributed by atoms with van der Waals surface area (Å²) in [6, 6.07) is 13.3. The number of methoxy groups -OCH3 is 1. The molecule has 2 aromatic rings. The first-order valence-electron chi connectivity index (χ1n) is 10.6. The molecular formula is C24H25N3O6. The Morgan fingerprint density at radius 1 is 1.18 bits per heavy atom. The molecule has 1 atom stereocenters. The van der Waals surface area contributed by atoms with Crippen LogP contribution in [0.5, 0.6) is 11.5 Å². The van der Waals surface area contributed by atoms with Crippen molar-refractivity contribution >= 4 is 17.9 Å². The van der Waals surface area contributed by atoms with Gasteiger partial charge in [0.2, 0.25) is 5.91 Å². The highest BCUT2D eigenvalue weighted by molar-refractivity contribution is 5.98. The summed E-state index contributed by atoms with van der Waals surface area (Å²) in [5.74, 6) is 0.411. The molecule has 2 aliphatic heterocycles. The first-order valence-corrected chi connectivity index (χ1v) is 10.6. The number of urea groups is 1. The minimum Gasteiger partial charge on any atom is -0.497 e. The highest BCUT2D eigenvalue weighted by Crippen LogP contribution is 2.38. The summed E-state index contributed by atoms with van der Waals surface area (Å²) < 4.78 is 16.0. The molecule has 0 saturated heterocycles. The largest absolute Gasteiger partial charge is 0.497 e. The molecule has 3 amide bonds. The van der Waals surface area contributed by atoms with Crippen molar-refractivity contribution in [3.8, 4) is 11.5 Å². The van der Waals surface area contributed by atoms with Gasteiger partial charge >= 0.3 is 12.0 Å². The summed E-state index contributed by atoms with van der Waals surface area (Å²) in [4.78, 5) is 39.4. The molecule has 0 bridgehead atoms. The van der Waals surface area contributed by atoms with Crippen LogP contribution in [-0.4, -0.2) is 49.7 Å². The SMILES string of the molecule is CCOc1ccccc1[C@H]1NC(=O)N(CC(=O)NCc2ccc(OC)cc2)C2=C1C(=O)OC2. The number of nitrogens with zero attached hydrogens (tertiary/aromatic N) is 1. The van der Waals surface area contributed by atoms with Crippen LogP contribution in [0.2, 0.25) is 0 Å². The fourth-order valence-corrected chi connectivity index (χ4v) is 3.86. The topological polar surface area (TPSA) is 106 Å². The number of para-hydroxylation sites is 1. The molecule has 9 heteroatoms. The minimum atomic E-state index is -0.719. The lowest BCUT2D eigenvalue weighted by Crippen LogP contribution is -2.50. The Bertz CT molecular complexity index is 1100. The van der Waals surface area contributed by atoms with Gasteiger partial charge < -0.3 is 24.8 Å². The number of ether oxygens (including phenoxy) is 3. The zero-order chi connectivity index (χ0) is 23.4. The van der Waals surface area contributed by atoms with Crippen molar-refractivity contribution in [1.82, 2.24) is 15.5 Å². The van der Waals surface area contributed by atoms with E-state index in [1.807, 2.05) is 31.2 Å². The molecule has 0 spiro atoms. The molecule has 9 nitrogen and oxygen atoms in total. The van der Waals surface area contributed by atoms with E-state index in [0.29, 0.717) is 35.7 Å². The number of hydrogen-bond acceptors (Lipinski definition) is 6. The predicted octanol–water partition coefficient (Wildman–Crippen LogP) is 2.29. The first kappa shape index (κ1) is 22.2. The van der Waals surface area contributed by atoms with E-state index >= 15 is 0 Å². The molecule has 2 N–H and O–H groups in total. The van der Waals surface area contributed by atoms with Crippen molar-refractivity contribution in [2.75, 3.05) is 26.9 Å². The maximum absolute atomic E-state index is 13.0. The van der Waals surface area contributed by atoms with Crippen molar-refractivity contribution < 1.29 is 28.6 Å². The third-order valence-electron chi connectivity index (χ3n) is 5.48. The van der Waals surface area contributed by atoms with Gasteiger partial charge in [-0.2, -0.15) is 0 Å². The normalized spacial score (nSPS) is 17.3. The van der Waals surface area contributed by atoms with Crippen LogP contribution in [0.25, 0.3) is 0 Å². The number of cyclic esters (lactones) is 1. The molecule has 0 unspecified atom stereocenters. The van der Waals surface area contributed by atoms with Crippen LogP contribution in [0.1, 0.15) is 24.1 Å². The van der Waals surface area contributed by atoms with Crippen LogP contribution in [-0.2, 0) is 20.9 Å². The molecule has 0 radical (unpaired) electrons. The fraction of sp³-hybridized carbons (Fsp3) is 0.292. The zero-order valence-electron chi connectivity index (χ0n) is 18.4. The van der Waals surface area contributed by atoms with Gasteiger partial charge in [0.25, 0.3) is 0 Å².